The number of benzene rings is 2. The van der Waals surface area contributed by atoms with E-state index in [1.807, 2.05) is 66.9 Å². The van der Waals surface area contributed by atoms with Crippen molar-refractivity contribution in [3.05, 3.63) is 82.2 Å². The van der Waals surface area contributed by atoms with Gasteiger partial charge in [0.05, 0.1) is 21.8 Å². The van der Waals surface area contributed by atoms with E-state index in [4.69, 9.17) is 9.84 Å². The maximum Gasteiger partial charge on any atom is 0.309 e. The highest BCUT2D eigenvalue weighted by Crippen LogP contribution is 2.37. The molecule has 2 aromatic carbocycles. The molecule has 0 unspecified atom stereocenters. The molecular weight excluding hydrogens is 446 g/mol. The van der Waals surface area contributed by atoms with E-state index in [1.165, 1.54) is 18.3 Å². The van der Waals surface area contributed by atoms with Gasteiger partial charge in [0, 0.05) is 12.6 Å². The zero-order valence-corrected chi connectivity index (χ0v) is 20.5. The average Bonchev–Trinajstić information content (AvgIpc) is 3.43. The van der Waals surface area contributed by atoms with Gasteiger partial charge in [-0.05, 0) is 66.1 Å². The van der Waals surface area contributed by atoms with Gasteiger partial charge in [0.1, 0.15) is 0 Å². The second-order valence-corrected chi connectivity index (χ2v) is 9.53. The third-order valence-electron chi connectivity index (χ3n) is 5.18. The molecule has 0 aliphatic rings. The quantitative estimate of drug-likeness (QED) is 0.320. The minimum absolute atomic E-state index is 0.142. The van der Waals surface area contributed by atoms with Crippen LogP contribution in [-0.4, -0.2) is 21.7 Å². The number of ether oxygens (including phenoxy) is 1. The van der Waals surface area contributed by atoms with Gasteiger partial charge in [0.2, 0.25) is 5.88 Å². The lowest BCUT2D eigenvalue weighted by Crippen LogP contribution is -2.10. The highest BCUT2D eigenvalue weighted by Gasteiger charge is 2.24. The van der Waals surface area contributed by atoms with Gasteiger partial charge in [-0.25, -0.2) is 0 Å². The first-order valence-corrected chi connectivity index (χ1v) is 12.0. The predicted octanol–water partition coefficient (Wildman–Crippen LogP) is 6.29. The maximum absolute atomic E-state index is 12.4. The molecule has 7 heteroatoms. The summed E-state index contributed by atoms with van der Waals surface area (Å²) in [4.78, 5) is 25.1. The molecule has 0 aliphatic heterocycles. The Morgan fingerprint density at radius 3 is 2.47 bits per heavy atom. The molecule has 0 spiro atoms. The van der Waals surface area contributed by atoms with E-state index < -0.39 is 5.97 Å². The molecule has 1 N–H and O–H groups in total. The molecule has 1 amide bonds. The lowest BCUT2D eigenvalue weighted by molar-refractivity contribution is -0.132. The Morgan fingerprint density at radius 1 is 1.09 bits per heavy atom. The summed E-state index contributed by atoms with van der Waals surface area (Å²) in [6, 6.07) is 19.1. The van der Waals surface area contributed by atoms with Crippen LogP contribution in [0.4, 0.5) is 5.69 Å². The fraction of sp³-hybridized carbons (Fsp3) is 0.222. The summed E-state index contributed by atoms with van der Waals surface area (Å²) in [5.74, 6) is 0.195. The van der Waals surface area contributed by atoms with Crippen LogP contribution in [0.3, 0.4) is 0 Å². The van der Waals surface area contributed by atoms with Gasteiger partial charge >= 0.3 is 5.97 Å². The third-order valence-corrected chi connectivity index (χ3v) is 6.05. The van der Waals surface area contributed by atoms with Crippen LogP contribution in [0.15, 0.2) is 66.0 Å². The molecule has 6 nitrogen and oxygen atoms in total. The Morgan fingerprint density at radius 2 is 1.85 bits per heavy atom. The van der Waals surface area contributed by atoms with Crippen molar-refractivity contribution in [3.8, 4) is 22.7 Å². The smallest absolute Gasteiger partial charge is 0.309 e. The number of rotatable bonds is 7. The van der Waals surface area contributed by atoms with E-state index in [-0.39, 0.29) is 5.91 Å². The molecule has 34 heavy (non-hydrogen) atoms. The van der Waals surface area contributed by atoms with Crippen LogP contribution in [0.25, 0.3) is 16.8 Å². The number of hydrogen-bond acceptors (Lipinski definition) is 5. The van der Waals surface area contributed by atoms with Crippen molar-refractivity contribution >= 4 is 28.9 Å². The zero-order valence-electron chi connectivity index (χ0n) is 19.7. The SMILES string of the molecule is CC(=O)Oc1c(-c2ccc(NC(=O)c3cccs3)cc2)c(CC(C)C)nn1-c1cccc(C)c1. The average molecular weight is 474 g/mol. The molecule has 4 aromatic rings. The number of nitrogens with zero attached hydrogens (tertiary/aromatic N) is 2. The number of esters is 1. The number of carbonyl (C=O) groups is 2. The standard InChI is InChI=1S/C27H27N3O3S/c1-17(2)15-23-25(20-10-12-21(13-11-20)28-26(32)24-9-6-14-34-24)27(33-19(4)31)30(29-23)22-8-5-7-18(3)16-22/h5-14,16-17H,15H2,1-4H3,(H,28,32). The Balaban J connectivity index is 1.77. The van der Waals surface area contributed by atoms with Crippen molar-refractivity contribution in [2.75, 3.05) is 5.32 Å². The van der Waals surface area contributed by atoms with E-state index >= 15 is 0 Å². The van der Waals surface area contributed by atoms with Crippen molar-refractivity contribution in [2.45, 2.75) is 34.1 Å². The highest BCUT2D eigenvalue weighted by atomic mass is 32.1. The Labute approximate surface area is 203 Å². The van der Waals surface area contributed by atoms with Crippen LogP contribution in [0, 0.1) is 12.8 Å². The van der Waals surface area contributed by atoms with E-state index in [2.05, 4.69) is 19.2 Å². The summed E-state index contributed by atoms with van der Waals surface area (Å²) in [5, 5.41) is 9.66. The third kappa shape index (κ3) is 5.26. The number of hydrogen-bond donors (Lipinski definition) is 1. The molecule has 0 saturated heterocycles. The van der Waals surface area contributed by atoms with Gasteiger partial charge in [-0.1, -0.05) is 44.2 Å². The Hall–Kier alpha value is -3.71. The molecule has 0 fully saturated rings. The summed E-state index contributed by atoms with van der Waals surface area (Å²) in [6.45, 7) is 7.66. The van der Waals surface area contributed by atoms with Gasteiger partial charge in [-0.15, -0.1) is 11.3 Å². The van der Waals surface area contributed by atoms with Gasteiger partial charge in [0.25, 0.3) is 5.91 Å². The molecule has 0 bridgehead atoms. The number of amides is 1. The van der Waals surface area contributed by atoms with Gasteiger partial charge in [-0.2, -0.15) is 9.78 Å². The molecule has 174 valence electrons. The van der Waals surface area contributed by atoms with Crippen LogP contribution in [0.2, 0.25) is 0 Å². The molecule has 2 heterocycles. The van der Waals surface area contributed by atoms with Crippen molar-refractivity contribution in [1.29, 1.82) is 0 Å². The van der Waals surface area contributed by atoms with E-state index in [0.717, 1.165) is 34.5 Å². The second-order valence-electron chi connectivity index (χ2n) is 8.58. The summed E-state index contributed by atoms with van der Waals surface area (Å²) in [7, 11) is 0. The lowest BCUT2D eigenvalue weighted by Gasteiger charge is -2.11. The van der Waals surface area contributed by atoms with E-state index in [0.29, 0.717) is 22.4 Å². The van der Waals surface area contributed by atoms with E-state index in [9.17, 15) is 9.59 Å². The van der Waals surface area contributed by atoms with Gasteiger partial charge < -0.3 is 10.1 Å². The minimum atomic E-state index is -0.411. The maximum atomic E-state index is 12.4. The summed E-state index contributed by atoms with van der Waals surface area (Å²) < 4.78 is 7.43. The number of aryl methyl sites for hydroxylation is 1. The number of aromatic nitrogens is 2. The fourth-order valence-corrected chi connectivity index (χ4v) is 4.37. The molecule has 0 saturated carbocycles. The Bertz CT molecular complexity index is 1310. The summed E-state index contributed by atoms with van der Waals surface area (Å²) in [6.07, 6.45) is 0.722. The van der Waals surface area contributed by atoms with Crippen LogP contribution in [-0.2, 0) is 11.2 Å². The molecular formula is C27H27N3O3S. The first-order chi connectivity index (χ1) is 16.3. The lowest BCUT2D eigenvalue weighted by atomic mass is 9.99. The largest absolute Gasteiger partial charge is 0.407 e. The molecule has 4 rings (SSSR count). The van der Waals surface area contributed by atoms with E-state index in [1.54, 1.807) is 10.7 Å². The van der Waals surface area contributed by atoms with Crippen molar-refractivity contribution in [1.82, 2.24) is 9.78 Å². The zero-order chi connectivity index (χ0) is 24.2. The number of anilines is 1. The molecule has 2 aromatic heterocycles. The van der Waals surface area contributed by atoms with Crippen molar-refractivity contribution in [3.63, 3.8) is 0 Å². The summed E-state index contributed by atoms with van der Waals surface area (Å²) >= 11 is 1.40. The van der Waals surface area contributed by atoms with Crippen molar-refractivity contribution < 1.29 is 14.3 Å². The minimum Gasteiger partial charge on any atom is -0.407 e. The molecule has 0 radical (unpaired) electrons. The van der Waals surface area contributed by atoms with Gasteiger partial charge in [-0.3, -0.25) is 9.59 Å². The van der Waals surface area contributed by atoms with Crippen LogP contribution in [0.5, 0.6) is 5.88 Å². The normalized spacial score (nSPS) is 11.0. The number of carbonyl (C=O) groups excluding carboxylic acids is 2. The van der Waals surface area contributed by atoms with Crippen LogP contribution in [0.1, 0.15) is 41.7 Å². The predicted molar refractivity (Wildman–Crippen MR) is 136 cm³/mol. The molecule has 0 aliphatic carbocycles. The van der Waals surface area contributed by atoms with Crippen molar-refractivity contribution in [2.24, 2.45) is 5.92 Å². The first-order valence-electron chi connectivity index (χ1n) is 11.1. The van der Waals surface area contributed by atoms with Crippen LogP contribution >= 0.6 is 11.3 Å². The first kappa shape index (κ1) is 23.4. The Kier molecular flexibility index (Phi) is 6.93. The monoisotopic (exact) mass is 473 g/mol. The topological polar surface area (TPSA) is 73.2 Å². The fourth-order valence-electron chi connectivity index (χ4n) is 3.75. The number of thiophene rings is 1. The van der Waals surface area contributed by atoms with Crippen LogP contribution < -0.4 is 10.1 Å². The van der Waals surface area contributed by atoms with Gasteiger partial charge in [0.15, 0.2) is 0 Å². The highest BCUT2D eigenvalue weighted by molar-refractivity contribution is 7.12. The molecule has 0 atom stereocenters. The number of nitrogens with one attached hydrogen (secondary N) is 1. The second kappa shape index (κ2) is 10.1. The summed E-state index contributed by atoms with van der Waals surface area (Å²) in [5.41, 5.74) is 5.09.